The third-order valence-corrected chi connectivity index (χ3v) is 4.79. The minimum absolute atomic E-state index is 0.221. The summed E-state index contributed by atoms with van der Waals surface area (Å²) in [5, 5.41) is 0. The highest BCUT2D eigenvalue weighted by atomic mass is 19.2. The van der Waals surface area contributed by atoms with Crippen LogP contribution in [0.2, 0.25) is 0 Å². The van der Waals surface area contributed by atoms with Gasteiger partial charge >= 0.3 is 0 Å². The van der Waals surface area contributed by atoms with Gasteiger partial charge in [0.15, 0.2) is 40.7 Å². The molecule has 0 aliphatic carbocycles. The molecular formula is C20H18F7N3. The van der Waals surface area contributed by atoms with Crippen molar-refractivity contribution in [3.63, 3.8) is 0 Å². The fraction of sp³-hybridized carbons (Fsp3) is 0.400. The van der Waals surface area contributed by atoms with E-state index in [1.54, 1.807) is 0 Å². The minimum Gasteiger partial charge on any atom is -0.367 e. The van der Waals surface area contributed by atoms with Crippen molar-refractivity contribution < 1.29 is 30.7 Å². The molecule has 0 bridgehead atoms. The van der Waals surface area contributed by atoms with Gasteiger partial charge in [0.05, 0.1) is 0 Å². The lowest BCUT2D eigenvalue weighted by Gasteiger charge is -2.26. The first-order valence-electron chi connectivity index (χ1n) is 9.49. The number of nitrogens with zero attached hydrogens (tertiary/aromatic N) is 3. The molecule has 10 heteroatoms. The summed E-state index contributed by atoms with van der Waals surface area (Å²) in [4.78, 5) is 8.09. The molecule has 1 heterocycles. The smallest absolute Gasteiger partial charge is 0.199 e. The highest BCUT2D eigenvalue weighted by Crippen LogP contribution is 2.35. The lowest BCUT2D eigenvalue weighted by molar-refractivity contribution is 0.416. The highest BCUT2D eigenvalue weighted by Gasteiger charge is 2.29. The Bertz CT molecular complexity index is 1110. The van der Waals surface area contributed by atoms with E-state index in [1.165, 1.54) is 4.90 Å². The van der Waals surface area contributed by atoms with Gasteiger partial charge in [-0.2, -0.15) is 0 Å². The first-order valence-corrected chi connectivity index (χ1v) is 9.49. The van der Waals surface area contributed by atoms with Crippen LogP contribution in [0.15, 0.2) is 0 Å². The summed E-state index contributed by atoms with van der Waals surface area (Å²) in [6.45, 7) is 4.18. The second-order valence-corrected chi connectivity index (χ2v) is 6.86. The summed E-state index contributed by atoms with van der Waals surface area (Å²) in [5.41, 5.74) is -4.95. The zero-order valence-electron chi connectivity index (χ0n) is 16.2. The average molecular weight is 433 g/mol. The van der Waals surface area contributed by atoms with Gasteiger partial charge in [0.25, 0.3) is 0 Å². The molecule has 3 nitrogen and oxygen atoms in total. The molecule has 0 saturated carbocycles. The summed E-state index contributed by atoms with van der Waals surface area (Å²) >= 11 is 0. The fourth-order valence-corrected chi connectivity index (χ4v) is 3.18. The zero-order valence-corrected chi connectivity index (χ0v) is 16.2. The summed E-state index contributed by atoms with van der Waals surface area (Å²) in [7, 11) is 0. The van der Waals surface area contributed by atoms with Crippen LogP contribution >= 0.6 is 0 Å². The molecule has 0 unspecified atom stereocenters. The molecule has 2 aromatic carbocycles. The van der Waals surface area contributed by atoms with E-state index in [9.17, 15) is 26.3 Å². The number of unbranched alkanes of at least 4 members (excludes halogenated alkanes) is 2. The lowest BCUT2D eigenvalue weighted by Crippen LogP contribution is -2.28. The first kappa shape index (κ1) is 22.0. The largest absolute Gasteiger partial charge is 0.367 e. The van der Waals surface area contributed by atoms with Gasteiger partial charge in [0, 0.05) is 13.1 Å². The van der Waals surface area contributed by atoms with Gasteiger partial charge < -0.3 is 4.90 Å². The van der Waals surface area contributed by atoms with Crippen LogP contribution in [-0.4, -0.2) is 23.1 Å². The predicted octanol–water partition coefficient (Wildman–Crippen LogP) is 6.16. The molecule has 0 spiro atoms. The van der Waals surface area contributed by atoms with E-state index in [-0.39, 0.29) is 13.1 Å². The van der Waals surface area contributed by atoms with Crippen LogP contribution < -0.4 is 4.90 Å². The Balaban J connectivity index is 2.35. The van der Waals surface area contributed by atoms with Crippen LogP contribution in [0.1, 0.15) is 39.5 Å². The quantitative estimate of drug-likeness (QED) is 0.193. The Morgan fingerprint density at radius 2 is 0.900 bits per heavy atom. The van der Waals surface area contributed by atoms with Gasteiger partial charge in [-0.15, -0.1) is 0 Å². The molecule has 0 aliphatic rings. The minimum atomic E-state index is -2.18. The average Bonchev–Trinajstić information content (AvgIpc) is 2.75. The normalized spacial score (nSPS) is 11.6. The van der Waals surface area contributed by atoms with Crippen molar-refractivity contribution in [2.75, 3.05) is 18.0 Å². The number of hydrogen-bond acceptors (Lipinski definition) is 3. The predicted molar refractivity (Wildman–Crippen MR) is 98.8 cm³/mol. The van der Waals surface area contributed by atoms with Crippen LogP contribution in [0, 0.1) is 40.7 Å². The molecule has 162 valence electrons. The van der Waals surface area contributed by atoms with Crippen molar-refractivity contribution in [1.29, 1.82) is 0 Å². The van der Waals surface area contributed by atoms with Gasteiger partial charge in [-0.1, -0.05) is 26.7 Å². The van der Waals surface area contributed by atoms with Gasteiger partial charge in [-0.25, -0.2) is 40.7 Å². The van der Waals surface area contributed by atoms with E-state index in [0.717, 1.165) is 0 Å². The van der Waals surface area contributed by atoms with Gasteiger partial charge in [-0.3, -0.25) is 0 Å². The number of rotatable bonds is 7. The topological polar surface area (TPSA) is 29.0 Å². The van der Waals surface area contributed by atoms with Crippen molar-refractivity contribution in [2.24, 2.45) is 0 Å². The Morgan fingerprint density at radius 1 is 0.533 bits per heavy atom. The number of anilines is 1. The number of hydrogen-bond donors (Lipinski definition) is 0. The zero-order chi connectivity index (χ0) is 22.2. The Hall–Kier alpha value is -2.65. The van der Waals surface area contributed by atoms with Crippen LogP contribution in [0.25, 0.3) is 22.1 Å². The Kier molecular flexibility index (Phi) is 6.33. The van der Waals surface area contributed by atoms with Crippen molar-refractivity contribution in [3.05, 3.63) is 40.7 Å². The van der Waals surface area contributed by atoms with E-state index >= 15 is 4.39 Å². The number of aromatic nitrogens is 2. The van der Waals surface area contributed by atoms with Gasteiger partial charge in [0.2, 0.25) is 0 Å². The number of halogens is 7. The summed E-state index contributed by atoms with van der Waals surface area (Å²) in [6, 6.07) is 0. The summed E-state index contributed by atoms with van der Waals surface area (Å²) in [5.74, 6) is -12.7. The molecular weight excluding hydrogens is 415 g/mol. The number of fused-ring (bicyclic) bond motifs is 2. The van der Waals surface area contributed by atoms with Gasteiger partial charge in [-0.05, 0) is 12.8 Å². The molecule has 0 amide bonds. The third kappa shape index (κ3) is 3.52. The van der Waals surface area contributed by atoms with E-state index in [2.05, 4.69) is 9.97 Å². The molecule has 30 heavy (non-hydrogen) atoms. The fourth-order valence-electron chi connectivity index (χ4n) is 3.18. The number of benzene rings is 2. The van der Waals surface area contributed by atoms with E-state index < -0.39 is 68.5 Å². The summed E-state index contributed by atoms with van der Waals surface area (Å²) in [6.07, 6.45) is 2.55. The second-order valence-electron chi connectivity index (χ2n) is 6.86. The van der Waals surface area contributed by atoms with E-state index in [0.29, 0.717) is 25.7 Å². The molecule has 0 aliphatic heterocycles. The third-order valence-electron chi connectivity index (χ3n) is 4.79. The molecule has 0 radical (unpaired) electrons. The Labute approximate surface area is 167 Å². The molecule has 1 aromatic heterocycles. The highest BCUT2D eigenvalue weighted by molar-refractivity contribution is 5.90. The maximum absolute atomic E-state index is 15.2. The van der Waals surface area contributed by atoms with Crippen molar-refractivity contribution in [1.82, 2.24) is 9.97 Å². The monoisotopic (exact) mass is 433 g/mol. The lowest BCUT2D eigenvalue weighted by atomic mass is 10.1. The van der Waals surface area contributed by atoms with Crippen LogP contribution in [0.4, 0.5) is 36.4 Å². The van der Waals surface area contributed by atoms with Crippen molar-refractivity contribution in [3.8, 4) is 0 Å². The molecule has 3 rings (SSSR count). The molecule has 0 N–H and O–H groups in total. The van der Waals surface area contributed by atoms with Crippen molar-refractivity contribution in [2.45, 2.75) is 39.5 Å². The van der Waals surface area contributed by atoms with E-state index in [1.807, 2.05) is 13.8 Å². The standard InChI is InChI=1S/C20H18F7N3/c1-3-5-7-30(8-6-4-2)20-14(26)13(25)18-19(15(20)27)29-17-12(24)10(22)9(21)11(23)16(17)28-18/h3-8H2,1-2H3. The van der Waals surface area contributed by atoms with Crippen molar-refractivity contribution >= 4 is 27.8 Å². The molecule has 0 atom stereocenters. The maximum Gasteiger partial charge on any atom is 0.199 e. The van der Waals surface area contributed by atoms with E-state index in [4.69, 9.17) is 0 Å². The Morgan fingerprint density at radius 3 is 1.30 bits per heavy atom. The van der Waals surface area contributed by atoms with Crippen LogP contribution in [0.5, 0.6) is 0 Å². The van der Waals surface area contributed by atoms with Crippen LogP contribution in [-0.2, 0) is 0 Å². The second kappa shape index (κ2) is 8.61. The molecule has 0 saturated heterocycles. The molecule has 0 fully saturated rings. The van der Waals surface area contributed by atoms with Gasteiger partial charge in [0.1, 0.15) is 27.8 Å². The maximum atomic E-state index is 15.2. The SMILES string of the molecule is CCCCN(CCCC)c1c(F)c(F)c2nc3c(F)c(F)c(F)c(F)c3nc2c1F. The van der Waals surface area contributed by atoms with Crippen LogP contribution in [0.3, 0.4) is 0 Å². The first-order chi connectivity index (χ1) is 14.2. The summed E-state index contributed by atoms with van der Waals surface area (Å²) < 4.78 is 99.9. The molecule has 3 aromatic rings.